The number of hydrogen-bond acceptors (Lipinski definition) is 6. The van der Waals surface area contributed by atoms with E-state index in [0.29, 0.717) is 24.7 Å². The zero-order valence-electron chi connectivity index (χ0n) is 14.0. The van der Waals surface area contributed by atoms with E-state index < -0.39 is 5.54 Å². The molecule has 2 atom stereocenters. The first-order chi connectivity index (χ1) is 10.9. The summed E-state index contributed by atoms with van der Waals surface area (Å²) in [4.78, 5) is 4.53. The van der Waals surface area contributed by atoms with Crippen LogP contribution in [0.3, 0.4) is 0 Å². The van der Waals surface area contributed by atoms with Gasteiger partial charge in [-0.1, -0.05) is 31.1 Å². The number of hydrogen-bond donors (Lipinski definition) is 1. The Labute approximate surface area is 136 Å². The number of benzene rings is 1. The average molecular weight is 317 g/mol. The molecular weight excluding hydrogens is 294 g/mol. The van der Waals surface area contributed by atoms with E-state index >= 15 is 0 Å². The summed E-state index contributed by atoms with van der Waals surface area (Å²) < 4.78 is 16.5. The van der Waals surface area contributed by atoms with Gasteiger partial charge in [-0.15, -0.1) is 0 Å². The van der Waals surface area contributed by atoms with E-state index in [9.17, 15) is 0 Å². The summed E-state index contributed by atoms with van der Waals surface area (Å²) in [5.41, 5.74) is 6.47. The molecule has 1 saturated carbocycles. The van der Waals surface area contributed by atoms with Crippen molar-refractivity contribution in [2.45, 2.75) is 38.8 Å². The fourth-order valence-corrected chi connectivity index (χ4v) is 3.08. The van der Waals surface area contributed by atoms with E-state index in [1.54, 1.807) is 7.11 Å². The molecule has 0 spiro atoms. The second-order valence-corrected chi connectivity index (χ2v) is 6.50. The molecule has 0 aliphatic heterocycles. The predicted molar refractivity (Wildman–Crippen MR) is 86.0 cm³/mol. The van der Waals surface area contributed by atoms with E-state index in [4.69, 9.17) is 19.7 Å². The molecule has 1 heterocycles. The number of nitrogens with zero attached hydrogens (tertiary/aromatic N) is 2. The maximum Gasteiger partial charge on any atom is 0.247 e. The fraction of sp³-hybridized carbons (Fsp3) is 0.529. The minimum Gasteiger partial charge on any atom is -0.497 e. The molecule has 3 rings (SSSR count). The van der Waals surface area contributed by atoms with Crippen LogP contribution in [0.5, 0.6) is 5.75 Å². The molecule has 23 heavy (non-hydrogen) atoms. The summed E-state index contributed by atoms with van der Waals surface area (Å²) in [5.74, 6) is 1.72. The Bertz CT molecular complexity index is 698. The van der Waals surface area contributed by atoms with Gasteiger partial charge >= 0.3 is 0 Å². The molecule has 2 N–H and O–H groups in total. The topological polar surface area (TPSA) is 83.4 Å². The van der Waals surface area contributed by atoms with Gasteiger partial charge in [0.05, 0.1) is 13.2 Å². The van der Waals surface area contributed by atoms with Crippen LogP contribution in [0, 0.1) is 5.41 Å². The second kappa shape index (κ2) is 5.62. The maximum atomic E-state index is 6.57. The second-order valence-electron chi connectivity index (χ2n) is 6.50. The Kier molecular flexibility index (Phi) is 3.90. The van der Waals surface area contributed by atoms with Gasteiger partial charge in [-0.3, -0.25) is 0 Å². The quantitative estimate of drug-likeness (QED) is 0.913. The Balaban J connectivity index is 1.87. The highest BCUT2D eigenvalue weighted by Gasteiger charge is 2.62. The van der Waals surface area contributed by atoms with Crippen molar-refractivity contribution >= 4 is 0 Å². The molecule has 0 saturated heterocycles. The molecule has 0 radical (unpaired) electrons. The summed E-state index contributed by atoms with van der Waals surface area (Å²) in [7, 11) is 1.63. The zero-order valence-corrected chi connectivity index (χ0v) is 14.0. The third-order valence-electron chi connectivity index (χ3n) is 4.97. The lowest BCUT2D eigenvalue weighted by Gasteiger charge is -2.56. The van der Waals surface area contributed by atoms with Gasteiger partial charge in [0, 0.05) is 24.0 Å². The Morgan fingerprint density at radius 2 is 2.17 bits per heavy atom. The lowest BCUT2D eigenvalue weighted by Crippen LogP contribution is -2.67. The van der Waals surface area contributed by atoms with Crippen LogP contribution >= 0.6 is 0 Å². The molecule has 1 aromatic heterocycles. The smallest absolute Gasteiger partial charge is 0.247 e. The van der Waals surface area contributed by atoms with Gasteiger partial charge in [-0.25, -0.2) is 0 Å². The summed E-state index contributed by atoms with van der Waals surface area (Å²) in [5, 5.41) is 4.08. The van der Waals surface area contributed by atoms with E-state index in [2.05, 4.69) is 24.0 Å². The highest BCUT2D eigenvalue weighted by Crippen LogP contribution is 2.55. The first kappa shape index (κ1) is 16.0. The third-order valence-corrected chi connectivity index (χ3v) is 4.97. The van der Waals surface area contributed by atoms with Gasteiger partial charge in [0.2, 0.25) is 11.7 Å². The van der Waals surface area contributed by atoms with Gasteiger partial charge in [-0.05, 0) is 19.1 Å². The largest absolute Gasteiger partial charge is 0.497 e. The fourth-order valence-electron chi connectivity index (χ4n) is 3.08. The van der Waals surface area contributed by atoms with E-state index in [-0.39, 0.29) is 11.5 Å². The van der Waals surface area contributed by atoms with Gasteiger partial charge in [-0.2, -0.15) is 4.98 Å². The van der Waals surface area contributed by atoms with Crippen molar-refractivity contribution in [2.75, 3.05) is 13.7 Å². The van der Waals surface area contributed by atoms with Crippen LogP contribution in [-0.4, -0.2) is 30.0 Å². The van der Waals surface area contributed by atoms with Gasteiger partial charge in [0.15, 0.2) is 0 Å². The van der Waals surface area contributed by atoms with E-state index in [1.807, 2.05) is 31.2 Å². The lowest BCUT2D eigenvalue weighted by atomic mass is 9.54. The average Bonchev–Trinajstić information content (AvgIpc) is 3.05. The lowest BCUT2D eigenvalue weighted by molar-refractivity contribution is -0.162. The number of ether oxygens (including phenoxy) is 2. The molecule has 2 unspecified atom stereocenters. The number of nitrogens with two attached hydrogens (primary N) is 1. The Morgan fingerprint density at radius 3 is 2.83 bits per heavy atom. The van der Waals surface area contributed by atoms with E-state index in [0.717, 1.165) is 11.3 Å². The Morgan fingerprint density at radius 1 is 1.39 bits per heavy atom. The van der Waals surface area contributed by atoms with Crippen LogP contribution in [0.15, 0.2) is 28.8 Å². The van der Waals surface area contributed by atoms with Crippen LogP contribution in [0.2, 0.25) is 0 Å². The minimum absolute atomic E-state index is 0.102. The molecule has 6 heteroatoms. The minimum atomic E-state index is -0.670. The van der Waals surface area contributed by atoms with Gasteiger partial charge in [0.1, 0.15) is 11.3 Å². The SMILES string of the molecule is CCOC1CC(N)(c2nc(-c3cccc(OC)c3)no2)C1(C)C. The normalized spacial score (nSPS) is 25.9. The highest BCUT2D eigenvalue weighted by atomic mass is 16.5. The predicted octanol–water partition coefficient (Wildman–Crippen LogP) is 2.73. The van der Waals surface area contributed by atoms with Crippen molar-refractivity contribution < 1.29 is 14.0 Å². The molecular formula is C17H23N3O3. The van der Waals surface area contributed by atoms with Crippen molar-refractivity contribution in [3.8, 4) is 17.1 Å². The van der Waals surface area contributed by atoms with Crippen molar-refractivity contribution in [1.82, 2.24) is 10.1 Å². The first-order valence-corrected chi connectivity index (χ1v) is 7.81. The summed E-state index contributed by atoms with van der Waals surface area (Å²) in [6.07, 6.45) is 0.776. The molecule has 1 aromatic carbocycles. The van der Waals surface area contributed by atoms with E-state index in [1.165, 1.54) is 0 Å². The summed E-state index contributed by atoms with van der Waals surface area (Å²) >= 11 is 0. The van der Waals surface area contributed by atoms with Gasteiger partial charge in [0.25, 0.3) is 0 Å². The Hall–Kier alpha value is -1.92. The summed E-state index contributed by atoms with van der Waals surface area (Å²) in [6.45, 7) is 6.81. The van der Waals surface area contributed by atoms with Crippen LogP contribution in [0.4, 0.5) is 0 Å². The van der Waals surface area contributed by atoms with Crippen LogP contribution in [0.25, 0.3) is 11.4 Å². The monoisotopic (exact) mass is 317 g/mol. The standard InChI is InChI=1S/C17H23N3O3/c1-5-22-13-10-17(18,16(13,2)3)15-19-14(20-23-15)11-7-6-8-12(9-11)21-4/h6-9,13H,5,10,18H2,1-4H3. The van der Waals surface area contributed by atoms with Crippen molar-refractivity contribution in [1.29, 1.82) is 0 Å². The molecule has 0 amide bonds. The molecule has 2 aromatic rings. The molecule has 6 nitrogen and oxygen atoms in total. The third kappa shape index (κ3) is 2.42. The van der Waals surface area contributed by atoms with Crippen LogP contribution in [-0.2, 0) is 10.3 Å². The van der Waals surface area contributed by atoms with Crippen molar-refractivity contribution in [3.05, 3.63) is 30.2 Å². The van der Waals surface area contributed by atoms with Crippen LogP contribution < -0.4 is 10.5 Å². The molecule has 1 fully saturated rings. The summed E-state index contributed by atoms with van der Waals surface area (Å²) in [6, 6.07) is 7.54. The number of methoxy groups -OCH3 is 1. The van der Waals surface area contributed by atoms with Crippen molar-refractivity contribution in [3.63, 3.8) is 0 Å². The zero-order chi connectivity index (χ0) is 16.7. The number of rotatable bonds is 5. The van der Waals surface area contributed by atoms with Gasteiger partial charge < -0.3 is 19.7 Å². The maximum absolute atomic E-state index is 6.57. The molecule has 1 aliphatic rings. The number of aromatic nitrogens is 2. The highest BCUT2D eigenvalue weighted by molar-refractivity contribution is 5.57. The molecule has 1 aliphatic carbocycles. The molecule has 0 bridgehead atoms. The van der Waals surface area contributed by atoms with Crippen LogP contribution in [0.1, 0.15) is 33.1 Å². The first-order valence-electron chi connectivity index (χ1n) is 7.81. The molecule has 124 valence electrons. The van der Waals surface area contributed by atoms with Crippen molar-refractivity contribution in [2.24, 2.45) is 11.1 Å².